The number of carbonyl (C=O) groups is 1. The van der Waals surface area contributed by atoms with Gasteiger partial charge in [0.1, 0.15) is 5.54 Å². The molecule has 1 aromatic rings. The molecular weight excluding hydrogens is 240 g/mol. The van der Waals surface area contributed by atoms with Crippen LogP contribution in [0.25, 0.3) is 0 Å². The number of nitrogens with one attached hydrogen (secondary N) is 1. The van der Waals surface area contributed by atoms with Gasteiger partial charge in [0.05, 0.1) is 17.3 Å². The van der Waals surface area contributed by atoms with Crippen molar-refractivity contribution < 1.29 is 4.79 Å². The largest absolute Gasteiger partial charge is 0.368 e. The Balaban J connectivity index is 2.90. The molecule has 0 aliphatic carbocycles. The van der Waals surface area contributed by atoms with Gasteiger partial charge in [0.25, 0.3) is 0 Å². The van der Waals surface area contributed by atoms with E-state index in [0.717, 1.165) is 5.69 Å². The standard InChI is InChI=1S/C11H19ClN4O/c1-7(2)14-11(4,10(13)17)6-16-5-9(12)8(3)15-16/h5,7,14H,6H2,1-4H3,(H2,13,17). The molecule has 0 aromatic carbocycles. The molecule has 6 heteroatoms. The van der Waals surface area contributed by atoms with E-state index in [0.29, 0.717) is 11.6 Å². The van der Waals surface area contributed by atoms with E-state index in [9.17, 15) is 4.79 Å². The summed E-state index contributed by atoms with van der Waals surface area (Å²) >= 11 is 5.92. The first-order chi connectivity index (χ1) is 7.74. The maximum Gasteiger partial charge on any atom is 0.239 e. The van der Waals surface area contributed by atoms with E-state index < -0.39 is 11.4 Å². The first-order valence-electron chi connectivity index (χ1n) is 5.52. The maximum absolute atomic E-state index is 11.5. The molecule has 0 aliphatic heterocycles. The maximum atomic E-state index is 11.5. The van der Waals surface area contributed by atoms with Crippen LogP contribution >= 0.6 is 11.6 Å². The summed E-state index contributed by atoms with van der Waals surface area (Å²) in [4.78, 5) is 11.5. The smallest absolute Gasteiger partial charge is 0.239 e. The predicted molar refractivity (Wildman–Crippen MR) is 67.8 cm³/mol. The van der Waals surface area contributed by atoms with Crippen molar-refractivity contribution in [2.45, 2.75) is 45.8 Å². The van der Waals surface area contributed by atoms with E-state index in [1.54, 1.807) is 17.8 Å². The highest BCUT2D eigenvalue weighted by atomic mass is 35.5. The van der Waals surface area contributed by atoms with Gasteiger partial charge in [-0.05, 0) is 27.7 Å². The lowest BCUT2D eigenvalue weighted by Gasteiger charge is -2.29. The van der Waals surface area contributed by atoms with E-state index in [4.69, 9.17) is 17.3 Å². The lowest BCUT2D eigenvalue weighted by Crippen LogP contribution is -2.58. The second-order valence-electron chi connectivity index (χ2n) is 4.76. The molecule has 5 nitrogen and oxygen atoms in total. The molecule has 0 saturated carbocycles. The zero-order chi connectivity index (χ0) is 13.2. The number of aryl methyl sites for hydroxylation is 1. The minimum absolute atomic E-state index is 0.152. The SMILES string of the molecule is Cc1nn(CC(C)(NC(C)C)C(N)=O)cc1Cl. The van der Waals surface area contributed by atoms with Crippen molar-refractivity contribution in [3.05, 3.63) is 16.9 Å². The lowest BCUT2D eigenvalue weighted by molar-refractivity contribution is -0.124. The molecule has 1 heterocycles. The molecule has 1 amide bonds. The van der Waals surface area contributed by atoms with Crippen LogP contribution in [0.1, 0.15) is 26.5 Å². The highest BCUT2D eigenvalue weighted by Crippen LogP contribution is 2.15. The fourth-order valence-corrected chi connectivity index (χ4v) is 1.88. The molecule has 0 saturated heterocycles. The molecule has 0 aliphatic rings. The Hall–Kier alpha value is -1.07. The lowest BCUT2D eigenvalue weighted by atomic mass is 10.0. The molecule has 0 fully saturated rings. The number of rotatable bonds is 5. The molecule has 1 atom stereocenters. The van der Waals surface area contributed by atoms with E-state index in [1.807, 2.05) is 20.8 Å². The van der Waals surface area contributed by atoms with Gasteiger partial charge >= 0.3 is 0 Å². The zero-order valence-electron chi connectivity index (χ0n) is 10.6. The molecule has 96 valence electrons. The Morgan fingerprint density at radius 3 is 2.65 bits per heavy atom. The number of hydrogen-bond acceptors (Lipinski definition) is 3. The average Bonchev–Trinajstić information content (AvgIpc) is 2.43. The zero-order valence-corrected chi connectivity index (χ0v) is 11.4. The first-order valence-corrected chi connectivity index (χ1v) is 5.89. The monoisotopic (exact) mass is 258 g/mol. The van der Waals surface area contributed by atoms with Crippen LogP contribution in [0.2, 0.25) is 5.02 Å². The molecule has 0 radical (unpaired) electrons. The van der Waals surface area contributed by atoms with Gasteiger partial charge in [-0.1, -0.05) is 11.6 Å². The topological polar surface area (TPSA) is 72.9 Å². The Morgan fingerprint density at radius 1 is 1.71 bits per heavy atom. The molecule has 3 N–H and O–H groups in total. The molecule has 1 rings (SSSR count). The van der Waals surface area contributed by atoms with Crippen molar-refractivity contribution in [1.82, 2.24) is 15.1 Å². The van der Waals surface area contributed by atoms with E-state index in [2.05, 4.69) is 10.4 Å². The van der Waals surface area contributed by atoms with Gasteiger partial charge in [-0.2, -0.15) is 5.10 Å². The average molecular weight is 259 g/mol. The van der Waals surface area contributed by atoms with Gasteiger partial charge < -0.3 is 5.73 Å². The minimum Gasteiger partial charge on any atom is -0.368 e. The summed E-state index contributed by atoms with van der Waals surface area (Å²) in [5.74, 6) is -0.407. The number of nitrogens with two attached hydrogens (primary N) is 1. The van der Waals surface area contributed by atoms with Gasteiger partial charge in [-0.3, -0.25) is 14.8 Å². The second kappa shape index (κ2) is 5.06. The van der Waals surface area contributed by atoms with Crippen molar-refractivity contribution in [1.29, 1.82) is 0 Å². The van der Waals surface area contributed by atoms with Gasteiger partial charge in [0.2, 0.25) is 5.91 Å². The van der Waals surface area contributed by atoms with Gasteiger partial charge in [0.15, 0.2) is 0 Å². The highest BCUT2D eigenvalue weighted by Gasteiger charge is 2.32. The predicted octanol–water partition coefficient (Wildman–Crippen LogP) is 1.09. The normalized spacial score (nSPS) is 14.9. The number of carbonyl (C=O) groups excluding carboxylic acids is 1. The Morgan fingerprint density at radius 2 is 2.29 bits per heavy atom. The number of halogens is 1. The summed E-state index contributed by atoms with van der Waals surface area (Å²) in [6.45, 7) is 7.86. The van der Waals surface area contributed by atoms with E-state index >= 15 is 0 Å². The quantitative estimate of drug-likeness (QED) is 0.830. The summed E-state index contributed by atoms with van der Waals surface area (Å²) in [7, 11) is 0. The van der Waals surface area contributed by atoms with Gasteiger partial charge in [0, 0.05) is 12.2 Å². The van der Waals surface area contributed by atoms with Crippen molar-refractivity contribution in [2.24, 2.45) is 5.73 Å². The van der Waals surface area contributed by atoms with Crippen molar-refractivity contribution in [3.8, 4) is 0 Å². The summed E-state index contributed by atoms with van der Waals surface area (Å²) in [6, 6.07) is 0.152. The molecule has 17 heavy (non-hydrogen) atoms. The van der Waals surface area contributed by atoms with Crippen LogP contribution in [0, 0.1) is 6.92 Å². The van der Waals surface area contributed by atoms with Crippen LogP contribution in [-0.4, -0.2) is 27.3 Å². The van der Waals surface area contributed by atoms with E-state index in [-0.39, 0.29) is 6.04 Å². The summed E-state index contributed by atoms with van der Waals surface area (Å²) < 4.78 is 1.64. The third-order valence-corrected chi connectivity index (χ3v) is 2.89. The molecule has 0 spiro atoms. The fourth-order valence-electron chi connectivity index (χ4n) is 1.73. The van der Waals surface area contributed by atoms with Crippen LogP contribution in [0.15, 0.2) is 6.20 Å². The van der Waals surface area contributed by atoms with Crippen molar-refractivity contribution >= 4 is 17.5 Å². The first kappa shape index (κ1) is 14.0. The number of primary amides is 1. The Kier molecular flexibility index (Phi) is 4.16. The summed E-state index contributed by atoms with van der Waals surface area (Å²) in [5.41, 5.74) is 5.34. The molecular formula is C11H19ClN4O. The van der Waals surface area contributed by atoms with Gasteiger partial charge in [-0.15, -0.1) is 0 Å². The molecule has 0 bridgehead atoms. The third kappa shape index (κ3) is 3.44. The van der Waals surface area contributed by atoms with E-state index in [1.165, 1.54) is 0 Å². The van der Waals surface area contributed by atoms with Crippen LogP contribution in [0.5, 0.6) is 0 Å². The van der Waals surface area contributed by atoms with Crippen LogP contribution in [0.3, 0.4) is 0 Å². The van der Waals surface area contributed by atoms with Gasteiger partial charge in [-0.25, -0.2) is 0 Å². The molecule has 1 aromatic heterocycles. The van der Waals surface area contributed by atoms with Crippen molar-refractivity contribution in [3.63, 3.8) is 0 Å². The summed E-state index contributed by atoms with van der Waals surface area (Å²) in [6.07, 6.45) is 1.69. The highest BCUT2D eigenvalue weighted by molar-refractivity contribution is 6.31. The van der Waals surface area contributed by atoms with Crippen LogP contribution in [0.4, 0.5) is 0 Å². The van der Waals surface area contributed by atoms with Crippen molar-refractivity contribution in [2.75, 3.05) is 0 Å². The van der Waals surface area contributed by atoms with Crippen LogP contribution < -0.4 is 11.1 Å². The number of amides is 1. The fraction of sp³-hybridized carbons (Fsp3) is 0.636. The number of hydrogen-bond donors (Lipinski definition) is 2. The summed E-state index contributed by atoms with van der Waals surface area (Å²) in [5, 5.41) is 7.96. The number of nitrogens with zero attached hydrogens (tertiary/aromatic N) is 2. The number of aromatic nitrogens is 2. The Labute approximate surface area is 106 Å². The molecule has 1 unspecified atom stereocenters. The van der Waals surface area contributed by atoms with Crippen LogP contribution in [-0.2, 0) is 11.3 Å². The third-order valence-electron chi connectivity index (χ3n) is 2.52. The second-order valence-corrected chi connectivity index (χ2v) is 5.16. The Bertz CT molecular complexity index is 396. The minimum atomic E-state index is -0.837.